The zero-order valence-electron chi connectivity index (χ0n) is 31.6. The summed E-state index contributed by atoms with van der Waals surface area (Å²) in [6.07, 6.45) is 11.0. The third-order valence-corrected chi connectivity index (χ3v) is 13.9. The van der Waals surface area contributed by atoms with Crippen molar-refractivity contribution in [3.8, 4) is 23.3 Å². The quantitative estimate of drug-likeness (QED) is 0.0809. The van der Waals surface area contributed by atoms with Gasteiger partial charge < -0.3 is 45.7 Å². The molecule has 0 bridgehead atoms. The summed E-state index contributed by atoms with van der Waals surface area (Å²) in [6, 6.07) is 11.1. The number of aromatic nitrogens is 2. The van der Waals surface area contributed by atoms with Crippen LogP contribution in [0.2, 0.25) is 0 Å². The first kappa shape index (κ1) is 41.5. The van der Waals surface area contributed by atoms with Crippen molar-refractivity contribution in [2.24, 2.45) is 23.7 Å². The largest absolute Gasteiger partial charge is 0.668 e. The van der Waals surface area contributed by atoms with Crippen LogP contribution >= 0.6 is 21.6 Å². The van der Waals surface area contributed by atoms with Crippen LogP contribution in [0.4, 0.5) is 5.82 Å². The number of pyridine rings is 1. The van der Waals surface area contributed by atoms with Crippen molar-refractivity contribution >= 4 is 27.4 Å². The molecular formula is C43H56N3O7S2-. The molecule has 55 heavy (non-hydrogen) atoms. The van der Waals surface area contributed by atoms with E-state index >= 15 is 0 Å². The predicted molar refractivity (Wildman–Crippen MR) is 219 cm³/mol. The van der Waals surface area contributed by atoms with Crippen LogP contribution in [0.15, 0.2) is 60.9 Å². The molecular weight excluding hydrogens is 735 g/mol. The first-order valence-corrected chi connectivity index (χ1v) is 22.2. The van der Waals surface area contributed by atoms with E-state index in [1.165, 1.54) is 0 Å². The van der Waals surface area contributed by atoms with E-state index in [1.807, 2.05) is 24.3 Å². The molecule has 0 radical (unpaired) electrons. The molecule has 2 aromatic heterocycles. The molecule has 3 heterocycles. The molecule has 6 rings (SSSR count). The van der Waals surface area contributed by atoms with E-state index in [0.717, 1.165) is 54.5 Å². The maximum absolute atomic E-state index is 11.9. The first-order chi connectivity index (χ1) is 26.8. The minimum atomic E-state index is -1.05. The fraction of sp³-hybridized carbons (Fsp3) is 0.558. The number of ether oxygens (including phenoxy) is 2. The Labute approximate surface area is 333 Å². The highest BCUT2D eigenvalue weighted by molar-refractivity contribution is 8.76. The molecule has 0 fully saturated rings. The average molecular weight is 791 g/mol. The van der Waals surface area contributed by atoms with Crippen LogP contribution in [0, 0.1) is 35.5 Å². The van der Waals surface area contributed by atoms with Crippen molar-refractivity contribution in [3.63, 3.8) is 0 Å². The van der Waals surface area contributed by atoms with Crippen LogP contribution in [-0.2, 0) is 16.9 Å². The van der Waals surface area contributed by atoms with Crippen molar-refractivity contribution in [1.82, 2.24) is 9.97 Å². The summed E-state index contributed by atoms with van der Waals surface area (Å²) in [5.74, 6) is 7.70. The van der Waals surface area contributed by atoms with E-state index in [9.17, 15) is 25.5 Å². The first-order valence-electron chi connectivity index (χ1n) is 19.7. The number of rotatable bonds is 10. The molecule has 7 N–H and O–H groups in total. The predicted octanol–water partition coefficient (Wildman–Crippen LogP) is 5.97. The zero-order valence-corrected chi connectivity index (χ0v) is 33.2. The fourth-order valence-electron chi connectivity index (χ4n) is 8.36. The number of phenols is 1. The van der Waals surface area contributed by atoms with Gasteiger partial charge in [0.05, 0.1) is 31.5 Å². The third kappa shape index (κ3) is 10.6. The highest BCUT2D eigenvalue weighted by Gasteiger charge is 2.38. The van der Waals surface area contributed by atoms with E-state index in [1.54, 1.807) is 46.1 Å². The summed E-state index contributed by atoms with van der Waals surface area (Å²) in [4.78, 5) is 8.94. The zero-order chi connectivity index (χ0) is 38.7. The molecule has 12 heteroatoms. The Balaban J connectivity index is 1.32. The Morgan fingerprint density at radius 3 is 2.65 bits per heavy atom. The minimum absolute atomic E-state index is 0.0694. The normalized spacial score (nSPS) is 30.4. The number of allylic oxidation sites excluding steroid dienone is 2. The number of nitrogens with two attached hydrogens (primary N) is 1. The lowest BCUT2D eigenvalue weighted by atomic mass is 9.79. The van der Waals surface area contributed by atoms with Crippen LogP contribution in [0.5, 0.6) is 11.5 Å². The second kappa shape index (κ2) is 20.3. The van der Waals surface area contributed by atoms with Gasteiger partial charge in [0.25, 0.3) is 0 Å². The highest BCUT2D eigenvalue weighted by atomic mass is 33.1. The molecule has 1 aromatic carbocycles. The molecule has 0 unspecified atom stereocenters. The SMILES string of the molecule is CC[C@@H]1C#C[C@@H]2C=C[C@H](c3ccc(O)c(O[C@H]4C[C@@H](Cc5ccc[n-]5)c5ccnc(N)c5CSSC[C@H](CO)[C@@H]4O)c3)C[C@@H](O)[C@H]2[C@@H](OCCO)CCCC1. The molecule has 10 nitrogen and oxygen atoms in total. The molecule has 3 aliphatic rings. The van der Waals surface area contributed by atoms with Gasteiger partial charge in [0.1, 0.15) is 11.9 Å². The van der Waals surface area contributed by atoms with Crippen LogP contribution in [-0.4, -0.2) is 80.5 Å². The lowest BCUT2D eigenvalue weighted by Gasteiger charge is -2.34. The summed E-state index contributed by atoms with van der Waals surface area (Å²) in [5.41, 5.74) is 10.1. The van der Waals surface area contributed by atoms with Crippen molar-refractivity contribution in [2.75, 3.05) is 31.3 Å². The number of hydrogen-bond acceptors (Lipinski definition) is 11. The summed E-state index contributed by atoms with van der Waals surface area (Å²) in [7, 11) is 3.18. The molecule has 0 spiro atoms. The van der Waals surface area contributed by atoms with E-state index in [-0.39, 0.29) is 61.1 Å². The topological polar surface area (TPSA) is 173 Å². The number of phenolic OH excluding ortho intramolecular Hbond substituents is 1. The molecule has 298 valence electrons. The van der Waals surface area contributed by atoms with E-state index in [4.69, 9.17) is 15.2 Å². The lowest BCUT2D eigenvalue weighted by Crippen LogP contribution is -2.41. The number of hydrogen-bond donors (Lipinski definition) is 6. The molecule has 10 atom stereocenters. The summed E-state index contributed by atoms with van der Waals surface area (Å²) in [5, 5.41) is 55.2. The second-order valence-corrected chi connectivity index (χ2v) is 17.6. The van der Waals surface area contributed by atoms with Crippen molar-refractivity contribution in [3.05, 3.63) is 83.3 Å². The van der Waals surface area contributed by atoms with Crippen LogP contribution < -0.4 is 15.5 Å². The third-order valence-electron chi connectivity index (χ3n) is 11.5. The summed E-state index contributed by atoms with van der Waals surface area (Å²) in [6.45, 7) is 2.06. The summed E-state index contributed by atoms with van der Waals surface area (Å²) < 4.78 is 12.9. The lowest BCUT2D eigenvalue weighted by molar-refractivity contribution is -0.0602. The average Bonchev–Trinajstić information content (AvgIpc) is 3.64. The van der Waals surface area contributed by atoms with Gasteiger partial charge in [0, 0.05) is 59.5 Å². The Hall–Kier alpha value is -3.15. The van der Waals surface area contributed by atoms with Gasteiger partial charge >= 0.3 is 0 Å². The van der Waals surface area contributed by atoms with Gasteiger partial charge in [-0.15, -0.1) is 0 Å². The smallest absolute Gasteiger partial charge is 0.161 e. The number of aliphatic hydroxyl groups excluding tert-OH is 4. The number of nitrogen functional groups attached to an aromatic ring is 1. The minimum Gasteiger partial charge on any atom is -0.668 e. The standard InChI is InChI=1S/C43H56N3O7S2/c1-2-27-6-3-4-8-38(52-19-18-47)41-28(10-9-27)11-12-29(21-37(41)50)30-13-14-36(49)39(22-30)53-40-23-31(20-33-7-5-16-45-33)34-15-17-46-43(44)35(34)26-55-54-25-32(24-48)42(40)51/h5,7,11-17,22,27-29,31-32,37-38,40-42,47-51H,2-4,6,8,18-21,23-26H2,1H3,(H2,44,46)/q-1/t27-,28+,29-,31+,32-,37+,38-,40-,41-,42-/m0/s1. The van der Waals surface area contributed by atoms with Crippen molar-refractivity contribution in [1.29, 1.82) is 0 Å². The molecule has 1 aliphatic heterocycles. The van der Waals surface area contributed by atoms with Gasteiger partial charge in [-0.25, -0.2) is 4.98 Å². The number of nitrogens with zero attached hydrogens (tertiary/aromatic N) is 2. The van der Waals surface area contributed by atoms with Gasteiger partial charge in [-0.2, -0.15) is 11.9 Å². The van der Waals surface area contributed by atoms with E-state index < -0.39 is 24.2 Å². The van der Waals surface area contributed by atoms with E-state index in [0.29, 0.717) is 42.5 Å². The maximum atomic E-state index is 11.9. The van der Waals surface area contributed by atoms with E-state index in [2.05, 4.69) is 40.9 Å². The van der Waals surface area contributed by atoms with Gasteiger partial charge in [0.15, 0.2) is 11.5 Å². The fourth-order valence-corrected chi connectivity index (χ4v) is 10.9. The monoisotopic (exact) mass is 790 g/mol. The Morgan fingerprint density at radius 1 is 1.02 bits per heavy atom. The maximum Gasteiger partial charge on any atom is 0.161 e. The molecule has 0 saturated carbocycles. The van der Waals surface area contributed by atoms with Crippen molar-refractivity contribution in [2.45, 2.75) is 100 Å². The molecule has 3 aromatic rings. The number of fused-ring (bicyclic) bond motifs is 2. The highest BCUT2D eigenvalue weighted by Crippen LogP contribution is 2.42. The van der Waals surface area contributed by atoms with Crippen LogP contribution in [0.1, 0.15) is 86.1 Å². The number of benzene rings is 1. The second-order valence-electron chi connectivity index (χ2n) is 15.1. The van der Waals surface area contributed by atoms with Gasteiger partial charge in [-0.05, 0) is 73.8 Å². The number of anilines is 1. The molecule has 0 saturated heterocycles. The number of aromatic hydroxyl groups is 1. The Bertz CT molecular complexity index is 1750. The van der Waals surface area contributed by atoms with Gasteiger partial charge in [-0.3, -0.25) is 0 Å². The van der Waals surface area contributed by atoms with Gasteiger partial charge in [0.2, 0.25) is 0 Å². The Kier molecular flexibility index (Phi) is 15.3. The van der Waals surface area contributed by atoms with Crippen LogP contribution in [0.25, 0.3) is 0 Å². The van der Waals surface area contributed by atoms with Crippen LogP contribution in [0.3, 0.4) is 0 Å². The molecule has 2 aliphatic carbocycles. The molecule has 0 amide bonds. The summed E-state index contributed by atoms with van der Waals surface area (Å²) >= 11 is 0. The van der Waals surface area contributed by atoms with Crippen molar-refractivity contribution < 1.29 is 35.0 Å². The Morgan fingerprint density at radius 2 is 1.87 bits per heavy atom. The van der Waals surface area contributed by atoms with Gasteiger partial charge in [-0.1, -0.05) is 83.5 Å². The number of aliphatic hydroxyl groups is 4.